The monoisotopic (exact) mass is 569 g/mol. The van der Waals surface area contributed by atoms with Crippen LogP contribution in [0.3, 0.4) is 0 Å². The molecule has 5 rings (SSSR count). The Morgan fingerprint density at radius 3 is 2.51 bits per heavy atom. The number of benzene rings is 2. The Labute approximate surface area is 218 Å². The lowest BCUT2D eigenvalue weighted by molar-refractivity contribution is 0.0677. The summed E-state index contributed by atoms with van der Waals surface area (Å²) in [6.07, 6.45) is 3.86. The van der Waals surface area contributed by atoms with Gasteiger partial charge >= 0.3 is 0 Å². The first-order valence-electron chi connectivity index (χ1n) is 11.6. The number of thiazole rings is 1. The third-order valence-electron chi connectivity index (χ3n) is 6.87. The number of likely N-dealkylation sites (tertiary alicyclic amines) is 1. The third-order valence-corrected chi connectivity index (χ3v) is 10.7. The zero-order valence-corrected chi connectivity index (χ0v) is 22.3. The number of sulfonamides is 1. The Hall–Kier alpha value is -2.61. The summed E-state index contributed by atoms with van der Waals surface area (Å²) in [6, 6.07) is 7.60. The van der Waals surface area contributed by atoms with Gasteiger partial charge in [0.1, 0.15) is 32.1 Å². The maximum Gasteiger partial charge on any atom is 0.266 e. The fourth-order valence-corrected chi connectivity index (χ4v) is 8.02. The second-order valence-corrected chi connectivity index (χ2v) is 14.1. The van der Waals surface area contributed by atoms with Crippen molar-refractivity contribution in [3.05, 3.63) is 70.7 Å². The number of ether oxygens (including phenoxy) is 1. The van der Waals surface area contributed by atoms with Crippen molar-refractivity contribution in [2.45, 2.75) is 41.5 Å². The molecule has 1 fully saturated rings. The van der Waals surface area contributed by atoms with Gasteiger partial charge in [-0.25, -0.2) is 30.6 Å². The van der Waals surface area contributed by atoms with Crippen LogP contribution in [0.4, 0.5) is 13.9 Å². The number of hydrogen-bond donors (Lipinski definition) is 1. The summed E-state index contributed by atoms with van der Waals surface area (Å²) >= 11 is 1.07. The maximum absolute atomic E-state index is 15.3. The molecular weight excluding hydrogens is 544 g/mol. The van der Waals surface area contributed by atoms with Gasteiger partial charge in [-0.05, 0) is 36.6 Å². The topological polar surface area (TPSA) is 106 Å². The van der Waals surface area contributed by atoms with E-state index in [9.17, 15) is 21.2 Å². The van der Waals surface area contributed by atoms with E-state index in [0.29, 0.717) is 31.4 Å². The molecule has 13 heteroatoms. The third kappa shape index (κ3) is 5.35. The van der Waals surface area contributed by atoms with Gasteiger partial charge in [0.05, 0.1) is 11.9 Å². The molecule has 1 unspecified atom stereocenters. The summed E-state index contributed by atoms with van der Waals surface area (Å²) in [7, 11) is -7.55. The smallest absolute Gasteiger partial charge is 0.266 e. The van der Waals surface area contributed by atoms with E-state index in [2.05, 4.69) is 14.6 Å². The van der Waals surface area contributed by atoms with Gasteiger partial charge in [-0.2, -0.15) is 0 Å². The van der Waals surface area contributed by atoms with Crippen molar-refractivity contribution in [1.29, 1.82) is 0 Å². The van der Waals surface area contributed by atoms with E-state index in [4.69, 9.17) is 4.74 Å². The minimum Gasteiger partial charge on any atom is -0.493 e. The van der Waals surface area contributed by atoms with Crippen LogP contribution < -0.4 is 9.46 Å². The zero-order valence-electron chi connectivity index (χ0n) is 19.8. The number of nitrogens with one attached hydrogen (secondary N) is 1. The molecule has 0 spiro atoms. The first-order valence-corrected chi connectivity index (χ1v) is 15.9. The molecule has 1 saturated heterocycles. The molecule has 0 aliphatic carbocycles. The first-order chi connectivity index (χ1) is 17.5. The minimum atomic E-state index is -4.24. The molecule has 2 aliphatic rings. The van der Waals surface area contributed by atoms with Crippen molar-refractivity contribution in [3.8, 4) is 5.75 Å². The lowest BCUT2D eigenvalue weighted by Crippen LogP contribution is -2.44. The van der Waals surface area contributed by atoms with E-state index >= 15 is 4.39 Å². The van der Waals surface area contributed by atoms with Crippen molar-refractivity contribution >= 4 is 36.3 Å². The molecule has 0 amide bonds. The van der Waals surface area contributed by atoms with Gasteiger partial charge in [-0.15, -0.1) is 11.3 Å². The highest BCUT2D eigenvalue weighted by Crippen LogP contribution is 2.45. The van der Waals surface area contributed by atoms with E-state index < -0.39 is 41.6 Å². The van der Waals surface area contributed by atoms with Crippen LogP contribution in [0, 0.1) is 11.6 Å². The van der Waals surface area contributed by atoms with Gasteiger partial charge in [0.15, 0.2) is 5.13 Å². The predicted molar refractivity (Wildman–Crippen MR) is 136 cm³/mol. The largest absolute Gasteiger partial charge is 0.493 e. The van der Waals surface area contributed by atoms with Gasteiger partial charge in [0.2, 0.25) is 0 Å². The Morgan fingerprint density at radius 2 is 1.84 bits per heavy atom. The molecule has 0 saturated carbocycles. The molecule has 1 aromatic heterocycles. The van der Waals surface area contributed by atoms with Gasteiger partial charge in [-0.3, -0.25) is 9.62 Å². The number of fused-ring (bicyclic) bond motifs is 1. The predicted octanol–water partition coefficient (Wildman–Crippen LogP) is 4.30. The van der Waals surface area contributed by atoms with Crippen molar-refractivity contribution in [1.82, 2.24) is 9.88 Å². The van der Waals surface area contributed by atoms with Crippen LogP contribution in [0.25, 0.3) is 0 Å². The highest BCUT2D eigenvalue weighted by Gasteiger charge is 2.40. The average Bonchev–Trinajstić information content (AvgIpc) is 3.35. The van der Waals surface area contributed by atoms with Crippen LogP contribution in [0.2, 0.25) is 0 Å². The van der Waals surface area contributed by atoms with E-state index in [1.165, 1.54) is 36.7 Å². The zero-order chi connectivity index (χ0) is 26.4. The van der Waals surface area contributed by atoms with Crippen LogP contribution >= 0.6 is 11.3 Å². The minimum absolute atomic E-state index is 0.117. The Balaban J connectivity index is 1.51. The molecule has 0 bridgehead atoms. The summed E-state index contributed by atoms with van der Waals surface area (Å²) in [4.78, 5) is 5.43. The van der Waals surface area contributed by atoms with Crippen LogP contribution in [0.15, 0.2) is 52.9 Å². The number of anilines is 1. The van der Waals surface area contributed by atoms with E-state index in [0.717, 1.165) is 16.9 Å². The standard InChI is InChI=1S/C24H25F2N3O5S3/c1-36(30,31)17-6-9-29(21(12-17)15-2-4-16(25)5-3-15)20-7-10-34-22-14-23(19(26)13-18(20)22)37(32,33)28-24-27-8-11-35-24/h2-5,8,11,13-14,17,20-21H,6-7,9-10,12H2,1H3,(H,27,28)/t17-,20?,21+/m1/s1. The van der Waals surface area contributed by atoms with Gasteiger partial charge in [0, 0.05) is 54.5 Å². The molecule has 8 nitrogen and oxygen atoms in total. The van der Waals surface area contributed by atoms with Crippen molar-refractivity contribution < 1.29 is 30.4 Å². The van der Waals surface area contributed by atoms with Crippen LogP contribution in [-0.4, -0.2) is 51.4 Å². The number of sulfone groups is 1. The lowest BCUT2D eigenvalue weighted by Gasteiger charge is -2.45. The second-order valence-electron chi connectivity index (χ2n) is 9.20. The summed E-state index contributed by atoms with van der Waals surface area (Å²) < 4.78 is 87.4. The van der Waals surface area contributed by atoms with Crippen molar-refractivity contribution in [3.63, 3.8) is 0 Å². The molecule has 198 valence electrons. The highest BCUT2D eigenvalue weighted by atomic mass is 32.2. The number of halogens is 2. The van der Waals surface area contributed by atoms with Crippen LogP contribution in [0.5, 0.6) is 5.75 Å². The van der Waals surface area contributed by atoms with Crippen LogP contribution in [-0.2, 0) is 19.9 Å². The lowest BCUT2D eigenvalue weighted by atomic mass is 9.89. The van der Waals surface area contributed by atoms with Crippen molar-refractivity contribution in [2.24, 2.45) is 0 Å². The number of hydrogen-bond acceptors (Lipinski definition) is 8. The SMILES string of the molecule is CS(=O)(=O)[C@@H]1CCN(C2CCOc3cc(S(=O)(=O)Nc4nccs4)c(F)cc32)[C@H](c2ccc(F)cc2)C1. The fraction of sp³-hybridized carbons (Fsp3) is 0.375. The Bertz CT molecular complexity index is 1500. The molecular formula is C24H25F2N3O5S3. The molecule has 1 N–H and O–H groups in total. The number of rotatable bonds is 6. The fourth-order valence-electron chi connectivity index (χ4n) is 5.09. The summed E-state index contributed by atoms with van der Waals surface area (Å²) in [5.41, 5.74) is 1.25. The maximum atomic E-state index is 15.3. The molecule has 3 atom stereocenters. The van der Waals surface area contributed by atoms with Crippen molar-refractivity contribution in [2.75, 3.05) is 24.1 Å². The van der Waals surface area contributed by atoms with E-state index in [1.807, 2.05) is 0 Å². The molecule has 2 aliphatic heterocycles. The number of aromatic nitrogens is 1. The normalized spacial score (nSPS) is 22.7. The Morgan fingerprint density at radius 1 is 1.08 bits per heavy atom. The second kappa shape index (κ2) is 9.93. The summed E-state index contributed by atoms with van der Waals surface area (Å²) in [6.45, 7) is 0.683. The van der Waals surface area contributed by atoms with E-state index in [-0.39, 0.29) is 29.6 Å². The molecule has 3 heterocycles. The molecule has 3 aromatic rings. The number of nitrogens with zero attached hydrogens (tertiary/aromatic N) is 2. The Kier molecular flexibility index (Phi) is 6.98. The number of piperidine rings is 1. The highest BCUT2D eigenvalue weighted by molar-refractivity contribution is 7.93. The van der Waals surface area contributed by atoms with E-state index in [1.54, 1.807) is 17.5 Å². The average molecular weight is 570 g/mol. The van der Waals surface area contributed by atoms with Crippen LogP contribution in [0.1, 0.15) is 42.5 Å². The quantitative estimate of drug-likeness (QED) is 0.472. The molecule has 2 aromatic carbocycles. The van der Waals surface area contributed by atoms with Gasteiger partial charge in [-0.1, -0.05) is 12.1 Å². The molecule has 0 radical (unpaired) electrons. The first kappa shape index (κ1) is 26.0. The molecule has 37 heavy (non-hydrogen) atoms. The van der Waals surface area contributed by atoms with Gasteiger partial charge in [0.25, 0.3) is 10.0 Å². The summed E-state index contributed by atoms with van der Waals surface area (Å²) in [5, 5.41) is 1.16. The van der Waals surface area contributed by atoms with Gasteiger partial charge < -0.3 is 4.74 Å². The summed E-state index contributed by atoms with van der Waals surface area (Å²) in [5.74, 6) is -1.08.